The van der Waals surface area contributed by atoms with Gasteiger partial charge in [0.05, 0.1) is 15.7 Å². The van der Waals surface area contributed by atoms with E-state index in [9.17, 15) is 22.0 Å². The number of rotatable bonds is 2. The van der Waals surface area contributed by atoms with E-state index in [1.165, 1.54) is 0 Å². The van der Waals surface area contributed by atoms with E-state index in [-0.39, 0.29) is 0 Å². The zero-order chi connectivity index (χ0) is 12.5. The van der Waals surface area contributed by atoms with Crippen molar-refractivity contribution >= 4 is 27.5 Å². The summed E-state index contributed by atoms with van der Waals surface area (Å²) in [5, 5.41) is -0.614. The molecule has 2 nitrogen and oxygen atoms in total. The van der Waals surface area contributed by atoms with Gasteiger partial charge in [0.15, 0.2) is 5.75 Å². The summed E-state index contributed by atoms with van der Waals surface area (Å²) in [7, 11) is 0. The van der Waals surface area contributed by atoms with Gasteiger partial charge < -0.3 is 4.74 Å². The van der Waals surface area contributed by atoms with Gasteiger partial charge in [-0.2, -0.15) is 0 Å². The first kappa shape index (κ1) is 13.4. The highest BCUT2D eigenvalue weighted by Crippen LogP contribution is 2.38. The minimum atomic E-state index is -4.94. The topological polar surface area (TPSA) is 22.1 Å². The van der Waals surface area contributed by atoms with Gasteiger partial charge in [-0.3, -0.25) is 0 Å². The molecule has 0 saturated heterocycles. The Kier molecular flexibility index (Phi) is 3.95. The number of aromatic nitrogens is 1. The smallest absolute Gasteiger partial charge is 0.403 e. The Morgan fingerprint density at radius 2 is 1.94 bits per heavy atom. The van der Waals surface area contributed by atoms with Crippen LogP contribution in [-0.4, -0.2) is 11.3 Å². The van der Waals surface area contributed by atoms with Crippen molar-refractivity contribution in [3.8, 4) is 5.75 Å². The van der Waals surface area contributed by atoms with E-state index >= 15 is 0 Å². The summed E-state index contributed by atoms with van der Waals surface area (Å²) in [6.07, 6.45) is -7.41. The number of hydrogen-bond acceptors (Lipinski definition) is 2. The van der Waals surface area contributed by atoms with Crippen molar-refractivity contribution in [1.82, 2.24) is 4.98 Å². The average molecular weight is 326 g/mol. The molecule has 0 radical (unpaired) electrons. The molecule has 1 aromatic rings. The fraction of sp³-hybridized carbons (Fsp3) is 0.286. The van der Waals surface area contributed by atoms with Gasteiger partial charge >= 0.3 is 6.36 Å². The molecule has 0 N–H and O–H groups in total. The first-order chi connectivity index (χ1) is 7.22. The average Bonchev–Trinajstić information content (AvgIpc) is 2.10. The molecule has 0 aromatic carbocycles. The molecule has 0 unspecified atom stereocenters. The number of nitrogens with zero attached hydrogens (tertiary/aromatic N) is 1. The molecule has 9 heteroatoms. The Morgan fingerprint density at radius 1 is 1.38 bits per heavy atom. The van der Waals surface area contributed by atoms with Crippen molar-refractivity contribution in [3.05, 3.63) is 21.4 Å². The lowest BCUT2D eigenvalue weighted by atomic mass is 10.3. The van der Waals surface area contributed by atoms with Crippen molar-refractivity contribution in [1.29, 1.82) is 0 Å². The van der Waals surface area contributed by atoms with Crippen molar-refractivity contribution in [2.75, 3.05) is 0 Å². The zero-order valence-electron chi connectivity index (χ0n) is 7.16. The van der Waals surface area contributed by atoms with Gasteiger partial charge in [-0.25, -0.2) is 13.8 Å². The highest BCUT2D eigenvalue weighted by atomic mass is 79.9. The van der Waals surface area contributed by atoms with Gasteiger partial charge in [0.2, 0.25) is 0 Å². The minimum Gasteiger partial charge on any atom is -0.403 e. The molecule has 0 fully saturated rings. The SMILES string of the molecule is FC(F)c1ncc(OC(F)(F)F)c(Br)c1Cl. The zero-order valence-corrected chi connectivity index (χ0v) is 9.50. The molecule has 1 heterocycles. The van der Waals surface area contributed by atoms with Crippen LogP contribution in [0, 0.1) is 0 Å². The highest BCUT2D eigenvalue weighted by Gasteiger charge is 2.33. The van der Waals surface area contributed by atoms with Gasteiger partial charge in [-0.1, -0.05) is 11.6 Å². The third kappa shape index (κ3) is 3.18. The molecule has 0 aliphatic heterocycles. The van der Waals surface area contributed by atoms with E-state index in [2.05, 4.69) is 25.7 Å². The predicted octanol–water partition coefficient (Wildman–Crippen LogP) is 4.33. The number of alkyl halides is 5. The van der Waals surface area contributed by atoms with Gasteiger partial charge in [0, 0.05) is 0 Å². The number of ether oxygens (including phenoxy) is 1. The molecule has 90 valence electrons. The van der Waals surface area contributed by atoms with E-state index < -0.39 is 33.7 Å². The first-order valence-corrected chi connectivity index (χ1v) is 4.77. The van der Waals surface area contributed by atoms with Crippen LogP contribution in [0.5, 0.6) is 5.75 Å². The molecule has 0 saturated carbocycles. The normalized spacial score (nSPS) is 12.0. The monoisotopic (exact) mass is 325 g/mol. The molecule has 1 rings (SSSR count). The van der Waals surface area contributed by atoms with Crippen molar-refractivity contribution < 1.29 is 26.7 Å². The maximum Gasteiger partial charge on any atom is 0.573 e. The Bertz CT molecular complexity index is 397. The standard InChI is InChI=1S/C7H2BrClF5NO/c8-3-2(16-7(12,13)14)1-15-5(4(3)9)6(10)11/h1,6H. The first-order valence-electron chi connectivity index (χ1n) is 3.60. The van der Waals surface area contributed by atoms with E-state index in [1.807, 2.05) is 0 Å². The molecule has 0 amide bonds. The van der Waals surface area contributed by atoms with Gasteiger partial charge in [0.25, 0.3) is 6.43 Å². The van der Waals surface area contributed by atoms with Crippen LogP contribution < -0.4 is 4.74 Å². The second kappa shape index (κ2) is 4.70. The van der Waals surface area contributed by atoms with E-state index in [4.69, 9.17) is 11.6 Å². The highest BCUT2D eigenvalue weighted by molar-refractivity contribution is 9.10. The van der Waals surface area contributed by atoms with Crippen LogP contribution in [0.2, 0.25) is 5.02 Å². The Labute approximate surface area is 99.5 Å². The molecule has 0 bridgehead atoms. The summed E-state index contributed by atoms with van der Waals surface area (Å²) >= 11 is 8.01. The second-order valence-corrected chi connectivity index (χ2v) is 3.66. The summed E-state index contributed by atoms with van der Waals surface area (Å²) in [5.41, 5.74) is -0.817. The van der Waals surface area contributed by atoms with Crippen LogP contribution in [0.3, 0.4) is 0 Å². The molecular weight excluding hydrogens is 324 g/mol. The fourth-order valence-electron chi connectivity index (χ4n) is 0.810. The van der Waals surface area contributed by atoms with Crippen molar-refractivity contribution in [3.63, 3.8) is 0 Å². The molecule has 0 aliphatic rings. The summed E-state index contributed by atoms with van der Waals surface area (Å²) in [4.78, 5) is 3.09. The summed E-state index contributed by atoms with van der Waals surface area (Å²) in [6.45, 7) is 0. The van der Waals surface area contributed by atoms with E-state index in [1.54, 1.807) is 0 Å². The Balaban J connectivity index is 3.12. The largest absolute Gasteiger partial charge is 0.573 e. The maximum atomic E-state index is 12.2. The maximum absolute atomic E-state index is 12.2. The Morgan fingerprint density at radius 3 is 2.38 bits per heavy atom. The van der Waals surface area contributed by atoms with Gasteiger partial charge in [-0.05, 0) is 15.9 Å². The number of pyridine rings is 1. The summed E-state index contributed by atoms with van der Waals surface area (Å²) in [6, 6.07) is 0. The lowest BCUT2D eigenvalue weighted by Gasteiger charge is -2.12. The molecule has 16 heavy (non-hydrogen) atoms. The molecule has 0 aliphatic carbocycles. The van der Waals surface area contributed by atoms with E-state index in [0.29, 0.717) is 6.20 Å². The lowest BCUT2D eigenvalue weighted by molar-refractivity contribution is -0.275. The van der Waals surface area contributed by atoms with Crippen LogP contribution in [0.15, 0.2) is 10.7 Å². The minimum absolute atomic E-state index is 0.420. The number of hydrogen-bond donors (Lipinski definition) is 0. The third-order valence-corrected chi connectivity index (χ3v) is 2.79. The number of halogens is 7. The predicted molar refractivity (Wildman–Crippen MR) is 48.6 cm³/mol. The van der Waals surface area contributed by atoms with Gasteiger partial charge in [0.1, 0.15) is 5.69 Å². The molecule has 0 spiro atoms. The van der Waals surface area contributed by atoms with Crippen LogP contribution >= 0.6 is 27.5 Å². The quantitative estimate of drug-likeness (QED) is 0.755. The van der Waals surface area contributed by atoms with Gasteiger partial charge in [-0.15, -0.1) is 13.2 Å². The second-order valence-electron chi connectivity index (χ2n) is 2.48. The van der Waals surface area contributed by atoms with E-state index in [0.717, 1.165) is 0 Å². The fourth-order valence-corrected chi connectivity index (χ4v) is 1.42. The molecule has 0 atom stereocenters. The van der Waals surface area contributed by atoms with Crippen LogP contribution in [0.25, 0.3) is 0 Å². The van der Waals surface area contributed by atoms with Crippen LogP contribution in [-0.2, 0) is 0 Å². The summed E-state index contributed by atoms with van der Waals surface area (Å²) < 4.78 is 63.1. The van der Waals surface area contributed by atoms with Crippen LogP contribution in [0.4, 0.5) is 22.0 Å². The molecular formula is C7H2BrClF5NO. The Hall–Kier alpha value is -0.630. The summed E-state index contributed by atoms with van der Waals surface area (Å²) in [5.74, 6) is -0.776. The van der Waals surface area contributed by atoms with Crippen LogP contribution in [0.1, 0.15) is 12.1 Å². The van der Waals surface area contributed by atoms with Crippen molar-refractivity contribution in [2.45, 2.75) is 12.8 Å². The lowest BCUT2D eigenvalue weighted by Crippen LogP contribution is -2.17. The van der Waals surface area contributed by atoms with Crippen molar-refractivity contribution in [2.24, 2.45) is 0 Å². The molecule has 1 aromatic heterocycles. The third-order valence-electron chi connectivity index (χ3n) is 1.39.